The third-order valence-electron chi connectivity index (χ3n) is 4.91. The molecule has 0 aromatic heterocycles. The van der Waals surface area contributed by atoms with E-state index in [2.05, 4.69) is 0 Å². The number of anilines is 1. The predicted octanol–water partition coefficient (Wildman–Crippen LogP) is 2.60. The van der Waals surface area contributed by atoms with E-state index in [9.17, 15) is 13.2 Å². The van der Waals surface area contributed by atoms with Crippen LogP contribution in [0.1, 0.15) is 18.1 Å². The minimum Gasteiger partial charge on any atom is -0.496 e. The molecule has 1 aliphatic rings. The number of sulfonamides is 1. The number of amides is 1. The molecule has 0 saturated heterocycles. The van der Waals surface area contributed by atoms with Crippen LogP contribution < -0.4 is 9.64 Å². The van der Waals surface area contributed by atoms with Gasteiger partial charge in [0.05, 0.1) is 18.6 Å². The van der Waals surface area contributed by atoms with Gasteiger partial charge in [0, 0.05) is 18.8 Å². The molecular weight excluding hydrogens is 364 g/mol. The van der Waals surface area contributed by atoms with Crippen molar-refractivity contribution in [3.63, 3.8) is 0 Å². The van der Waals surface area contributed by atoms with Crippen molar-refractivity contribution in [2.24, 2.45) is 0 Å². The van der Waals surface area contributed by atoms with E-state index >= 15 is 0 Å². The molecule has 0 N–H and O–H groups in total. The molecule has 0 aliphatic carbocycles. The topological polar surface area (TPSA) is 66.9 Å². The van der Waals surface area contributed by atoms with Crippen molar-refractivity contribution in [2.45, 2.75) is 31.2 Å². The number of methoxy groups -OCH3 is 1. The highest BCUT2D eigenvalue weighted by molar-refractivity contribution is 7.89. The molecule has 7 heteroatoms. The minimum absolute atomic E-state index is 0.00855. The van der Waals surface area contributed by atoms with Gasteiger partial charge in [-0.25, -0.2) is 8.42 Å². The number of hydrogen-bond acceptors (Lipinski definition) is 4. The number of hydrogen-bond donors (Lipinski definition) is 0. The van der Waals surface area contributed by atoms with Crippen molar-refractivity contribution in [3.8, 4) is 5.75 Å². The van der Waals surface area contributed by atoms with Crippen molar-refractivity contribution in [1.29, 1.82) is 0 Å². The zero-order chi connectivity index (χ0) is 19.8. The van der Waals surface area contributed by atoms with Crippen molar-refractivity contribution in [3.05, 3.63) is 53.6 Å². The van der Waals surface area contributed by atoms with Gasteiger partial charge in [-0.1, -0.05) is 18.2 Å². The van der Waals surface area contributed by atoms with Crippen LogP contribution in [0.2, 0.25) is 0 Å². The quantitative estimate of drug-likeness (QED) is 0.790. The van der Waals surface area contributed by atoms with Crippen molar-refractivity contribution in [1.82, 2.24) is 4.31 Å². The van der Waals surface area contributed by atoms with Crippen LogP contribution in [0.25, 0.3) is 0 Å². The molecule has 2 aromatic carbocycles. The molecule has 1 heterocycles. The van der Waals surface area contributed by atoms with Crippen molar-refractivity contribution in [2.75, 3.05) is 25.6 Å². The summed E-state index contributed by atoms with van der Waals surface area (Å²) in [5.74, 6) is 0.388. The Morgan fingerprint density at radius 2 is 1.96 bits per heavy atom. The fraction of sp³-hybridized carbons (Fsp3) is 0.350. The summed E-state index contributed by atoms with van der Waals surface area (Å²) in [5.41, 5.74) is 2.69. The third-order valence-corrected chi connectivity index (χ3v) is 6.71. The number of fused-ring (bicyclic) bond motifs is 1. The van der Waals surface area contributed by atoms with E-state index in [0.717, 1.165) is 27.5 Å². The fourth-order valence-corrected chi connectivity index (χ4v) is 4.69. The Morgan fingerprint density at radius 3 is 2.63 bits per heavy atom. The van der Waals surface area contributed by atoms with Gasteiger partial charge in [0.15, 0.2) is 0 Å². The molecule has 0 radical (unpaired) electrons. The zero-order valence-corrected chi connectivity index (χ0v) is 16.8. The maximum Gasteiger partial charge on any atom is 0.243 e. The van der Waals surface area contributed by atoms with Gasteiger partial charge in [0.1, 0.15) is 5.75 Å². The number of carbonyl (C=O) groups excluding carboxylic acids is 1. The average molecular weight is 388 g/mol. The molecule has 1 amide bonds. The van der Waals surface area contributed by atoms with Crippen LogP contribution in [0.5, 0.6) is 5.75 Å². The maximum atomic E-state index is 12.9. The Bertz CT molecular complexity index is 972. The van der Waals surface area contributed by atoms with E-state index in [-0.39, 0.29) is 23.4 Å². The second-order valence-electron chi connectivity index (χ2n) is 6.84. The summed E-state index contributed by atoms with van der Waals surface area (Å²) in [6, 6.07) is 12.4. The van der Waals surface area contributed by atoms with Crippen molar-refractivity contribution < 1.29 is 17.9 Å². The third kappa shape index (κ3) is 3.57. The first-order valence-electron chi connectivity index (χ1n) is 8.76. The normalized spacial score (nSPS) is 16.5. The Labute approximate surface area is 160 Å². The van der Waals surface area contributed by atoms with Gasteiger partial charge in [0.25, 0.3) is 0 Å². The maximum absolute atomic E-state index is 12.9. The number of nitrogens with zero attached hydrogens (tertiary/aromatic N) is 2. The highest BCUT2D eigenvalue weighted by Gasteiger charge is 2.33. The summed E-state index contributed by atoms with van der Waals surface area (Å²) in [6.45, 7) is 3.54. The average Bonchev–Trinajstić information content (AvgIpc) is 2.97. The summed E-state index contributed by atoms with van der Waals surface area (Å²) >= 11 is 0. The molecule has 1 unspecified atom stereocenters. The molecule has 2 aromatic rings. The van der Waals surface area contributed by atoms with Crippen molar-refractivity contribution >= 4 is 21.6 Å². The van der Waals surface area contributed by atoms with Gasteiger partial charge < -0.3 is 9.64 Å². The lowest BCUT2D eigenvalue weighted by Crippen LogP contribution is -2.43. The second kappa shape index (κ2) is 7.32. The van der Waals surface area contributed by atoms with Crippen LogP contribution in [0.3, 0.4) is 0 Å². The van der Waals surface area contributed by atoms with Gasteiger partial charge in [-0.05, 0) is 55.7 Å². The number of rotatable bonds is 5. The number of likely N-dealkylation sites (N-methyl/N-ethyl adjacent to an activating group) is 1. The van der Waals surface area contributed by atoms with E-state index in [1.807, 2.05) is 31.2 Å². The van der Waals surface area contributed by atoms with E-state index in [1.54, 1.807) is 24.0 Å². The Hall–Kier alpha value is -2.38. The van der Waals surface area contributed by atoms with Gasteiger partial charge in [-0.3, -0.25) is 4.79 Å². The van der Waals surface area contributed by atoms with Gasteiger partial charge >= 0.3 is 0 Å². The molecule has 6 nitrogen and oxygen atoms in total. The summed E-state index contributed by atoms with van der Waals surface area (Å²) in [6.07, 6.45) is 0.774. The Kier molecular flexibility index (Phi) is 5.26. The Morgan fingerprint density at radius 1 is 1.26 bits per heavy atom. The van der Waals surface area contributed by atoms with Crippen LogP contribution in [0.4, 0.5) is 5.69 Å². The van der Waals surface area contributed by atoms with Crippen LogP contribution in [-0.4, -0.2) is 45.4 Å². The molecule has 27 heavy (non-hydrogen) atoms. The van der Waals surface area contributed by atoms with Gasteiger partial charge in [-0.15, -0.1) is 0 Å². The first-order valence-corrected chi connectivity index (χ1v) is 10.2. The minimum atomic E-state index is -3.78. The predicted molar refractivity (Wildman–Crippen MR) is 105 cm³/mol. The van der Waals surface area contributed by atoms with E-state index in [0.29, 0.717) is 5.75 Å². The molecule has 0 saturated carbocycles. The number of ether oxygens (including phenoxy) is 1. The standard InChI is InChI=1S/C20H24N2O4S/c1-14-11-17(9-10-19(14)26-4)27(24,25)21(3)13-20(23)22-15(2)12-16-7-5-6-8-18(16)22/h5-11,15H,12-13H2,1-4H3. The molecule has 1 atom stereocenters. The summed E-state index contributed by atoms with van der Waals surface area (Å²) in [7, 11) is -0.808. The van der Waals surface area contributed by atoms with Gasteiger partial charge in [-0.2, -0.15) is 4.31 Å². The number of aryl methyl sites for hydroxylation is 1. The van der Waals surface area contributed by atoms with E-state index < -0.39 is 10.0 Å². The van der Waals surface area contributed by atoms with Crippen LogP contribution in [0.15, 0.2) is 47.4 Å². The molecule has 0 bridgehead atoms. The lowest BCUT2D eigenvalue weighted by molar-refractivity contribution is -0.118. The van der Waals surface area contributed by atoms with Gasteiger partial charge in [0.2, 0.25) is 15.9 Å². The Balaban J connectivity index is 1.81. The molecule has 3 rings (SSSR count). The summed E-state index contributed by atoms with van der Waals surface area (Å²) in [4.78, 5) is 14.7. The molecule has 144 valence electrons. The molecule has 0 fully saturated rings. The monoisotopic (exact) mass is 388 g/mol. The smallest absolute Gasteiger partial charge is 0.243 e. The summed E-state index contributed by atoms with van der Waals surface area (Å²) in [5, 5.41) is 0. The second-order valence-corrected chi connectivity index (χ2v) is 8.88. The fourth-order valence-electron chi connectivity index (χ4n) is 3.49. The SMILES string of the molecule is COc1ccc(S(=O)(=O)N(C)CC(=O)N2c3ccccc3CC2C)cc1C. The number of benzene rings is 2. The first kappa shape index (κ1) is 19.4. The van der Waals surface area contributed by atoms with Crippen LogP contribution >= 0.6 is 0 Å². The highest BCUT2D eigenvalue weighted by Crippen LogP contribution is 2.32. The van der Waals surface area contributed by atoms with Crippen LogP contribution in [-0.2, 0) is 21.2 Å². The van der Waals surface area contributed by atoms with E-state index in [4.69, 9.17) is 4.74 Å². The number of carbonyl (C=O) groups is 1. The largest absolute Gasteiger partial charge is 0.496 e. The zero-order valence-electron chi connectivity index (χ0n) is 16.0. The molecule has 0 spiro atoms. The lowest BCUT2D eigenvalue weighted by atomic mass is 10.1. The lowest BCUT2D eigenvalue weighted by Gasteiger charge is -2.25. The number of para-hydroxylation sites is 1. The molecule has 1 aliphatic heterocycles. The summed E-state index contributed by atoms with van der Waals surface area (Å²) < 4.78 is 32.0. The highest BCUT2D eigenvalue weighted by atomic mass is 32.2. The first-order chi connectivity index (χ1) is 12.8. The van der Waals surface area contributed by atoms with E-state index in [1.165, 1.54) is 20.2 Å². The molecular formula is C20H24N2O4S. The van der Waals surface area contributed by atoms with Crippen LogP contribution in [0, 0.1) is 6.92 Å².